The summed E-state index contributed by atoms with van der Waals surface area (Å²) < 4.78 is 1.87. The van der Waals surface area contributed by atoms with Crippen LogP contribution in [0.2, 0.25) is 0 Å². The number of benzene rings is 1. The van der Waals surface area contributed by atoms with Crippen molar-refractivity contribution in [3.8, 4) is 11.3 Å². The van der Waals surface area contributed by atoms with E-state index in [0.717, 1.165) is 30.6 Å². The summed E-state index contributed by atoms with van der Waals surface area (Å²) in [6.45, 7) is 3.01. The number of hydrogen-bond acceptors (Lipinski definition) is 3. The number of non-ortho nitro benzene ring substituents is 1. The minimum Gasteiger partial charge on any atom is -0.272 e. The molecule has 94 valence electrons. The van der Waals surface area contributed by atoms with E-state index in [2.05, 4.69) is 12.0 Å². The number of aryl methyl sites for hydroxylation is 1. The second-order valence-electron chi connectivity index (χ2n) is 4.13. The fourth-order valence-corrected chi connectivity index (χ4v) is 1.74. The van der Waals surface area contributed by atoms with E-state index >= 15 is 0 Å². The van der Waals surface area contributed by atoms with Gasteiger partial charge in [0.15, 0.2) is 0 Å². The highest BCUT2D eigenvalue weighted by molar-refractivity contribution is 5.61. The van der Waals surface area contributed by atoms with Crippen LogP contribution in [0, 0.1) is 10.1 Å². The van der Waals surface area contributed by atoms with E-state index in [1.807, 2.05) is 23.0 Å². The number of hydrogen-bond donors (Lipinski definition) is 0. The molecule has 0 saturated heterocycles. The zero-order valence-electron chi connectivity index (χ0n) is 10.2. The lowest BCUT2D eigenvalue weighted by molar-refractivity contribution is -0.384. The molecule has 0 amide bonds. The summed E-state index contributed by atoms with van der Waals surface area (Å²) in [6, 6.07) is 8.43. The Bertz CT molecular complexity index is 549. The molecule has 2 aromatic rings. The molecule has 1 aromatic carbocycles. The normalized spacial score (nSPS) is 10.5. The van der Waals surface area contributed by atoms with Gasteiger partial charge in [-0.1, -0.05) is 25.5 Å². The molecule has 2 rings (SSSR count). The first-order valence-electron chi connectivity index (χ1n) is 5.99. The Balaban J connectivity index is 2.23. The highest BCUT2D eigenvalue weighted by atomic mass is 16.6. The van der Waals surface area contributed by atoms with E-state index in [4.69, 9.17) is 0 Å². The van der Waals surface area contributed by atoms with Gasteiger partial charge < -0.3 is 0 Å². The van der Waals surface area contributed by atoms with E-state index in [9.17, 15) is 10.1 Å². The van der Waals surface area contributed by atoms with Crippen molar-refractivity contribution >= 4 is 5.69 Å². The van der Waals surface area contributed by atoms with Crippen molar-refractivity contribution in [3.63, 3.8) is 0 Å². The summed E-state index contributed by atoms with van der Waals surface area (Å²) in [5.41, 5.74) is 1.64. The van der Waals surface area contributed by atoms with Gasteiger partial charge >= 0.3 is 0 Å². The first-order valence-corrected chi connectivity index (χ1v) is 5.99. The van der Waals surface area contributed by atoms with Crippen molar-refractivity contribution in [2.24, 2.45) is 0 Å². The average Bonchev–Trinajstić information content (AvgIpc) is 2.85. The molecule has 0 saturated carbocycles. The largest absolute Gasteiger partial charge is 0.272 e. The lowest BCUT2D eigenvalue weighted by Crippen LogP contribution is -1.98. The number of aromatic nitrogens is 2. The molecule has 0 aliphatic carbocycles. The van der Waals surface area contributed by atoms with Crippen LogP contribution in [0.5, 0.6) is 0 Å². The van der Waals surface area contributed by atoms with Crippen LogP contribution in [0.15, 0.2) is 36.5 Å². The van der Waals surface area contributed by atoms with Crippen molar-refractivity contribution < 1.29 is 4.92 Å². The first kappa shape index (κ1) is 12.3. The zero-order chi connectivity index (χ0) is 13.0. The molecule has 0 aliphatic rings. The molecule has 0 unspecified atom stereocenters. The Labute approximate surface area is 105 Å². The van der Waals surface area contributed by atoms with Crippen LogP contribution < -0.4 is 0 Å². The van der Waals surface area contributed by atoms with Gasteiger partial charge in [-0.15, -0.1) is 0 Å². The number of nitro benzene ring substituents is 1. The maximum atomic E-state index is 10.7. The molecule has 0 spiro atoms. The standard InChI is InChI=1S/C13H15N3O2/c1-2-3-8-15-9-7-13(14-15)11-5-4-6-12(10-11)16(17)18/h4-7,9-10H,2-3,8H2,1H3. The molecule has 5 heteroatoms. The van der Waals surface area contributed by atoms with Crippen LogP contribution in [0.3, 0.4) is 0 Å². The minimum atomic E-state index is -0.391. The molecular weight excluding hydrogens is 230 g/mol. The monoisotopic (exact) mass is 245 g/mol. The third-order valence-electron chi connectivity index (χ3n) is 2.73. The molecule has 1 heterocycles. The average molecular weight is 245 g/mol. The van der Waals surface area contributed by atoms with Crippen molar-refractivity contribution in [1.82, 2.24) is 9.78 Å². The molecule has 0 N–H and O–H groups in total. The lowest BCUT2D eigenvalue weighted by atomic mass is 10.1. The van der Waals surface area contributed by atoms with Crippen LogP contribution in [-0.2, 0) is 6.54 Å². The third kappa shape index (κ3) is 2.74. The molecule has 0 atom stereocenters. The fourth-order valence-electron chi connectivity index (χ4n) is 1.74. The Morgan fingerprint density at radius 3 is 2.94 bits per heavy atom. The van der Waals surface area contributed by atoms with E-state index in [1.54, 1.807) is 12.1 Å². The number of unbranched alkanes of at least 4 members (excludes halogenated alkanes) is 1. The Kier molecular flexibility index (Phi) is 3.72. The van der Waals surface area contributed by atoms with E-state index in [0.29, 0.717) is 0 Å². The summed E-state index contributed by atoms with van der Waals surface area (Å²) in [5, 5.41) is 15.1. The number of rotatable bonds is 5. The fraction of sp³-hybridized carbons (Fsp3) is 0.308. The van der Waals surface area contributed by atoms with Gasteiger partial charge in [0.1, 0.15) is 0 Å². The van der Waals surface area contributed by atoms with Gasteiger partial charge in [0.05, 0.1) is 10.6 Å². The summed E-state index contributed by atoms with van der Waals surface area (Å²) >= 11 is 0. The summed E-state index contributed by atoms with van der Waals surface area (Å²) in [6.07, 6.45) is 4.10. The quantitative estimate of drug-likeness (QED) is 0.600. The van der Waals surface area contributed by atoms with Crippen molar-refractivity contribution in [1.29, 1.82) is 0 Å². The predicted molar refractivity (Wildman–Crippen MR) is 69.2 cm³/mol. The second kappa shape index (κ2) is 5.44. The van der Waals surface area contributed by atoms with Crippen molar-refractivity contribution in [2.75, 3.05) is 0 Å². The highest BCUT2D eigenvalue weighted by Gasteiger charge is 2.08. The van der Waals surface area contributed by atoms with Crippen molar-refractivity contribution in [3.05, 3.63) is 46.6 Å². The Morgan fingerprint density at radius 1 is 1.39 bits per heavy atom. The summed E-state index contributed by atoms with van der Waals surface area (Å²) in [5.74, 6) is 0. The second-order valence-corrected chi connectivity index (χ2v) is 4.13. The van der Waals surface area contributed by atoms with Gasteiger partial charge in [-0.25, -0.2) is 0 Å². The molecule has 18 heavy (non-hydrogen) atoms. The molecule has 1 aromatic heterocycles. The number of nitro groups is 1. The SMILES string of the molecule is CCCCn1ccc(-c2cccc([N+](=O)[O-])c2)n1. The van der Waals surface area contributed by atoms with Gasteiger partial charge in [0.25, 0.3) is 5.69 Å². The smallest absolute Gasteiger partial charge is 0.270 e. The molecule has 5 nitrogen and oxygen atoms in total. The van der Waals surface area contributed by atoms with Crippen LogP contribution in [-0.4, -0.2) is 14.7 Å². The van der Waals surface area contributed by atoms with Crippen LogP contribution >= 0.6 is 0 Å². The maximum Gasteiger partial charge on any atom is 0.270 e. The Hall–Kier alpha value is -2.17. The minimum absolute atomic E-state index is 0.0932. The van der Waals surface area contributed by atoms with Gasteiger partial charge in [-0.05, 0) is 12.5 Å². The first-order chi connectivity index (χ1) is 8.70. The molecule has 0 aliphatic heterocycles. The van der Waals surface area contributed by atoms with E-state index in [1.165, 1.54) is 6.07 Å². The van der Waals surface area contributed by atoms with Crippen LogP contribution in [0.25, 0.3) is 11.3 Å². The van der Waals surface area contributed by atoms with E-state index < -0.39 is 4.92 Å². The highest BCUT2D eigenvalue weighted by Crippen LogP contribution is 2.22. The lowest BCUT2D eigenvalue weighted by Gasteiger charge is -1.99. The summed E-state index contributed by atoms with van der Waals surface area (Å²) in [4.78, 5) is 10.3. The van der Waals surface area contributed by atoms with Crippen molar-refractivity contribution in [2.45, 2.75) is 26.3 Å². The molecule has 0 bridgehead atoms. The van der Waals surface area contributed by atoms with Gasteiger partial charge in [0.2, 0.25) is 0 Å². The zero-order valence-corrected chi connectivity index (χ0v) is 10.2. The predicted octanol–water partition coefficient (Wildman–Crippen LogP) is 3.26. The van der Waals surface area contributed by atoms with Gasteiger partial charge in [-0.2, -0.15) is 5.10 Å². The molecule has 0 fully saturated rings. The summed E-state index contributed by atoms with van der Waals surface area (Å²) in [7, 11) is 0. The molecule has 0 radical (unpaired) electrons. The van der Waals surface area contributed by atoms with Crippen LogP contribution in [0.4, 0.5) is 5.69 Å². The topological polar surface area (TPSA) is 61.0 Å². The maximum absolute atomic E-state index is 10.7. The van der Waals surface area contributed by atoms with E-state index in [-0.39, 0.29) is 5.69 Å². The van der Waals surface area contributed by atoms with Gasteiger partial charge in [0, 0.05) is 30.4 Å². The van der Waals surface area contributed by atoms with Crippen LogP contribution in [0.1, 0.15) is 19.8 Å². The Morgan fingerprint density at radius 2 is 2.22 bits per heavy atom. The van der Waals surface area contributed by atoms with Gasteiger partial charge in [-0.3, -0.25) is 14.8 Å². The third-order valence-corrected chi connectivity index (χ3v) is 2.73. The molecular formula is C13H15N3O2. The number of nitrogens with zero attached hydrogens (tertiary/aromatic N) is 3.